The van der Waals surface area contributed by atoms with Crippen LogP contribution in [-0.2, 0) is 12.6 Å². The van der Waals surface area contributed by atoms with E-state index < -0.39 is 17.6 Å². The molecule has 4 aromatic carbocycles. The molecule has 4 rings (SSSR count). The zero-order chi connectivity index (χ0) is 21.3. The summed E-state index contributed by atoms with van der Waals surface area (Å²) in [5.41, 5.74) is 3.19. The molecule has 0 aliphatic rings. The maximum Gasteiger partial charge on any atom is 0.419 e. The van der Waals surface area contributed by atoms with Crippen molar-refractivity contribution >= 4 is 10.8 Å². The van der Waals surface area contributed by atoms with Crippen LogP contribution < -0.4 is 0 Å². The van der Waals surface area contributed by atoms with Gasteiger partial charge in [-0.15, -0.1) is 0 Å². The average Bonchev–Trinajstić information content (AvgIpc) is 2.73. The molecule has 0 heterocycles. The second-order valence-corrected chi connectivity index (χ2v) is 7.42. The monoisotopic (exact) mass is 408 g/mol. The molecule has 0 nitrogen and oxygen atoms in total. The lowest BCUT2D eigenvalue weighted by Gasteiger charge is -2.10. The number of aryl methyl sites for hydroxylation is 1. The van der Waals surface area contributed by atoms with Gasteiger partial charge in [-0.25, -0.2) is 4.39 Å². The third kappa shape index (κ3) is 4.09. The van der Waals surface area contributed by atoms with Crippen molar-refractivity contribution in [3.63, 3.8) is 0 Å². The minimum absolute atomic E-state index is 0.411. The predicted octanol–water partition coefficient (Wildman–Crippen LogP) is 8.28. The molecule has 0 bridgehead atoms. The summed E-state index contributed by atoms with van der Waals surface area (Å²) >= 11 is 0. The average molecular weight is 408 g/mol. The second kappa shape index (κ2) is 7.94. The molecule has 4 heteroatoms. The topological polar surface area (TPSA) is 0 Å². The molecule has 0 aliphatic carbocycles. The SMILES string of the molecule is CCCc1ccc2cc(-c3ccc(-c4ccc(C(F)(F)F)c(F)c4)cc3)ccc2c1. The van der Waals surface area contributed by atoms with Gasteiger partial charge in [-0.2, -0.15) is 13.2 Å². The first-order valence-corrected chi connectivity index (χ1v) is 9.85. The number of halogens is 4. The van der Waals surface area contributed by atoms with Crippen LogP contribution in [0.4, 0.5) is 17.6 Å². The van der Waals surface area contributed by atoms with Gasteiger partial charge in [-0.1, -0.05) is 74.0 Å². The summed E-state index contributed by atoms with van der Waals surface area (Å²) in [5, 5.41) is 2.35. The molecular formula is C26H20F4. The smallest absolute Gasteiger partial charge is 0.206 e. The first kappa shape index (κ1) is 20.1. The Morgan fingerprint density at radius 2 is 1.17 bits per heavy atom. The van der Waals surface area contributed by atoms with E-state index >= 15 is 0 Å². The summed E-state index contributed by atoms with van der Waals surface area (Å²) in [6.45, 7) is 2.16. The van der Waals surface area contributed by atoms with Crippen molar-refractivity contribution in [2.45, 2.75) is 25.9 Å². The van der Waals surface area contributed by atoms with Crippen molar-refractivity contribution in [3.8, 4) is 22.3 Å². The molecule has 152 valence electrons. The van der Waals surface area contributed by atoms with E-state index in [1.54, 1.807) is 12.1 Å². The van der Waals surface area contributed by atoms with Crippen molar-refractivity contribution in [2.24, 2.45) is 0 Å². The number of rotatable bonds is 4. The van der Waals surface area contributed by atoms with Gasteiger partial charge < -0.3 is 0 Å². The van der Waals surface area contributed by atoms with Gasteiger partial charge in [-0.05, 0) is 63.2 Å². The molecule has 0 aromatic heterocycles. The van der Waals surface area contributed by atoms with Crippen LogP contribution in [0.25, 0.3) is 33.0 Å². The van der Waals surface area contributed by atoms with Crippen molar-refractivity contribution in [1.82, 2.24) is 0 Å². The van der Waals surface area contributed by atoms with E-state index in [-0.39, 0.29) is 0 Å². The van der Waals surface area contributed by atoms with Gasteiger partial charge in [0.15, 0.2) is 0 Å². The zero-order valence-electron chi connectivity index (χ0n) is 16.4. The summed E-state index contributed by atoms with van der Waals surface area (Å²) in [6.07, 6.45) is -2.53. The van der Waals surface area contributed by atoms with Crippen LogP contribution in [0.5, 0.6) is 0 Å². The highest BCUT2D eigenvalue weighted by Crippen LogP contribution is 2.34. The van der Waals surface area contributed by atoms with Crippen LogP contribution in [-0.4, -0.2) is 0 Å². The standard InChI is InChI=1S/C26H20F4/c1-2-3-17-4-5-22-15-21(11-10-20(22)14-17)18-6-8-19(9-7-18)23-12-13-24(25(27)16-23)26(28,29)30/h4-16H,2-3H2,1H3. The minimum atomic E-state index is -4.69. The van der Waals surface area contributed by atoms with Gasteiger partial charge in [0.05, 0.1) is 5.56 Å². The molecule has 0 atom stereocenters. The van der Waals surface area contributed by atoms with Crippen molar-refractivity contribution < 1.29 is 17.6 Å². The largest absolute Gasteiger partial charge is 0.419 e. The van der Waals surface area contributed by atoms with Crippen molar-refractivity contribution in [3.05, 3.63) is 95.8 Å². The third-order valence-electron chi connectivity index (χ3n) is 5.27. The van der Waals surface area contributed by atoms with Crippen LogP contribution >= 0.6 is 0 Å². The lowest BCUT2D eigenvalue weighted by molar-refractivity contribution is -0.139. The van der Waals surface area contributed by atoms with Crippen LogP contribution in [0.3, 0.4) is 0 Å². The Labute approximate surface area is 172 Å². The summed E-state index contributed by atoms with van der Waals surface area (Å²) in [6, 6.07) is 23.2. The van der Waals surface area contributed by atoms with E-state index in [1.165, 1.54) is 17.0 Å². The van der Waals surface area contributed by atoms with E-state index in [0.29, 0.717) is 11.1 Å². The van der Waals surface area contributed by atoms with Crippen LogP contribution in [0.15, 0.2) is 78.9 Å². The van der Waals surface area contributed by atoms with E-state index in [0.717, 1.165) is 41.5 Å². The highest BCUT2D eigenvalue weighted by atomic mass is 19.4. The number of alkyl halides is 3. The Bertz CT molecular complexity index is 1190. The van der Waals surface area contributed by atoms with Crippen molar-refractivity contribution in [2.75, 3.05) is 0 Å². The lowest BCUT2D eigenvalue weighted by Crippen LogP contribution is -2.07. The Morgan fingerprint density at radius 1 is 0.633 bits per heavy atom. The second-order valence-electron chi connectivity index (χ2n) is 7.42. The quantitative estimate of drug-likeness (QED) is 0.298. The Hall–Kier alpha value is -3.14. The van der Waals surface area contributed by atoms with Gasteiger partial charge in [0.2, 0.25) is 0 Å². The highest BCUT2D eigenvalue weighted by Gasteiger charge is 2.33. The molecule has 0 N–H and O–H groups in total. The third-order valence-corrected chi connectivity index (χ3v) is 5.27. The summed E-state index contributed by atoms with van der Waals surface area (Å²) < 4.78 is 52.1. The maximum absolute atomic E-state index is 13.9. The molecule has 0 spiro atoms. The summed E-state index contributed by atoms with van der Waals surface area (Å²) in [7, 11) is 0. The fourth-order valence-corrected chi connectivity index (χ4v) is 3.70. The predicted molar refractivity (Wildman–Crippen MR) is 114 cm³/mol. The van der Waals surface area contributed by atoms with E-state index in [1.807, 2.05) is 12.1 Å². The molecule has 4 aromatic rings. The Kier molecular flexibility index (Phi) is 5.33. The highest BCUT2D eigenvalue weighted by molar-refractivity contribution is 5.88. The zero-order valence-corrected chi connectivity index (χ0v) is 16.4. The molecule has 0 radical (unpaired) electrons. The van der Waals surface area contributed by atoms with Crippen LogP contribution in [0.1, 0.15) is 24.5 Å². The molecule has 0 unspecified atom stereocenters. The molecule has 30 heavy (non-hydrogen) atoms. The lowest BCUT2D eigenvalue weighted by atomic mass is 9.97. The fourth-order valence-electron chi connectivity index (χ4n) is 3.70. The van der Waals surface area contributed by atoms with E-state index in [2.05, 4.69) is 43.3 Å². The maximum atomic E-state index is 13.9. The number of fused-ring (bicyclic) bond motifs is 1. The minimum Gasteiger partial charge on any atom is -0.206 e. The molecule has 0 saturated heterocycles. The van der Waals surface area contributed by atoms with Crippen LogP contribution in [0, 0.1) is 5.82 Å². The van der Waals surface area contributed by atoms with Gasteiger partial charge in [0.25, 0.3) is 0 Å². The van der Waals surface area contributed by atoms with Gasteiger partial charge in [0.1, 0.15) is 5.82 Å². The molecule has 0 amide bonds. The molecule has 0 aliphatic heterocycles. The molecule has 0 fully saturated rings. The summed E-state index contributed by atoms with van der Waals surface area (Å²) in [4.78, 5) is 0. The first-order chi connectivity index (χ1) is 14.3. The number of hydrogen-bond donors (Lipinski definition) is 0. The number of benzene rings is 4. The molecule has 0 saturated carbocycles. The summed E-state index contributed by atoms with van der Waals surface area (Å²) in [5.74, 6) is -1.26. The fraction of sp³-hybridized carbons (Fsp3) is 0.154. The van der Waals surface area contributed by atoms with Crippen molar-refractivity contribution in [1.29, 1.82) is 0 Å². The van der Waals surface area contributed by atoms with E-state index in [4.69, 9.17) is 0 Å². The Balaban J connectivity index is 1.62. The molecular weight excluding hydrogens is 388 g/mol. The van der Waals surface area contributed by atoms with E-state index in [9.17, 15) is 17.6 Å². The normalized spacial score (nSPS) is 11.8. The number of hydrogen-bond acceptors (Lipinski definition) is 0. The van der Waals surface area contributed by atoms with Crippen LogP contribution in [0.2, 0.25) is 0 Å². The Morgan fingerprint density at radius 3 is 1.77 bits per heavy atom. The first-order valence-electron chi connectivity index (χ1n) is 9.85. The van der Waals surface area contributed by atoms with Gasteiger partial charge in [-0.3, -0.25) is 0 Å². The van der Waals surface area contributed by atoms with Gasteiger partial charge in [0, 0.05) is 0 Å². The van der Waals surface area contributed by atoms with Gasteiger partial charge >= 0.3 is 6.18 Å².